The van der Waals surface area contributed by atoms with Crippen LogP contribution >= 0.6 is 0 Å². The molecule has 29 heavy (non-hydrogen) atoms. The summed E-state index contributed by atoms with van der Waals surface area (Å²) in [5.41, 5.74) is 2.94. The third kappa shape index (κ3) is 4.22. The van der Waals surface area contributed by atoms with E-state index in [9.17, 15) is 13.2 Å². The molecule has 6 nitrogen and oxygen atoms in total. The minimum atomic E-state index is -3.81. The Labute approximate surface area is 171 Å². The van der Waals surface area contributed by atoms with Crippen molar-refractivity contribution in [3.05, 3.63) is 65.2 Å². The van der Waals surface area contributed by atoms with Crippen LogP contribution in [0.2, 0.25) is 0 Å². The normalized spacial score (nSPS) is 22.2. The monoisotopic (exact) mass is 414 g/mol. The molecular weight excluding hydrogens is 388 g/mol. The first kappa shape index (κ1) is 20.1. The quantitative estimate of drug-likeness (QED) is 0.815. The largest absolute Gasteiger partial charge is 0.376 e. The van der Waals surface area contributed by atoms with Gasteiger partial charge in [-0.1, -0.05) is 42.0 Å². The number of hydrogen-bond acceptors (Lipinski definition) is 4. The fourth-order valence-electron chi connectivity index (χ4n) is 3.96. The topological polar surface area (TPSA) is 75.7 Å². The SMILES string of the molecule is Cc1ccc(S(=O)(=O)N2Cc3ccccc3C[C@H]2C(=O)NC[C@H]2CCCO2)cc1. The molecule has 0 aromatic heterocycles. The van der Waals surface area contributed by atoms with Crippen LogP contribution in [-0.4, -0.2) is 43.9 Å². The maximum atomic E-state index is 13.4. The van der Waals surface area contributed by atoms with Crippen molar-refractivity contribution in [1.82, 2.24) is 9.62 Å². The highest BCUT2D eigenvalue weighted by atomic mass is 32.2. The lowest BCUT2D eigenvalue weighted by atomic mass is 9.95. The molecule has 1 saturated heterocycles. The van der Waals surface area contributed by atoms with E-state index < -0.39 is 16.1 Å². The van der Waals surface area contributed by atoms with Gasteiger partial charge in [-0.3, -0.25) is 4.79 Å². The number of nitrogens with zero attached hydrogens (tertiary/aromatic N) is 1. The number of ether oxygens (including phenoxy) is 1. The molecular formula is C22H26N2O4S. The lowest BCUT2D eigenvalue weighted by Gasteiger charge is -2.35. The van der Waals surface area contributed by atoms with E-state index in [4.69, 9.17) is 4.74 Å². The molecule has 0 saturated carbocycles. The van der Waals surface area contributed by atoms with Crippen molar-refractivity contribution >= 4 is 15.9 Å². The van der Waals surface area contributed by atoms with Gasteiger partial charge in [0.25, 0.3) is 0 Å². The molecule has 1 N–H and O–H groups in total. The highest BCUT2D eigenvalue weighted by Crippen LogP contribution is 2.29. The highest BCUT2D eigenvalue weighted by molar-refractivity contribution is 7.89. The molecule has 0 bridgehead atoms. The third-order valence-corrected chi connectivity index (χ3v) is 7.53. The fraction of sp³-hybridized carbons (Fsp3) is 0.409. The summed E-state index contributed by atoms with van der Waals surface area (Å²) in [6.45, 7) is 3.22. The van der Waals surface area contributed by atoms with Gasteiger partial charge in [-0.2, -0.15) is 4.31 Å². The summed E-state index contributed by atoms with van der Waals surface area (Å²) in [5, 5.41) is 2.92. The first-order valence-electron chi connectivity index (χ1n) is 10.00. The number of benzene rings is 2. The van der Waals surface area contributed by atoms with Crippen LogP contribution < -0.4 is 5.32 Å². The Kier molecular flexibility index (Phi) is 5.72. The third-order valence-electron chi connectivity index (χ3n) is 5.66. The summed E-state index contributed by atoms with van der Waals surface area (Å²) in [6.07, 6.45) is 2.28. The first-order valence-corrected chi connectivity index (χ1v) is 11.4. The van der Waals surface area contributed by atoms with E-state index in [0.29, 0.717) is 19.6 Å². The van der Waals surface area contributed by atoms with Crippen molar-refractivity contribution < 1.29 is 17.9 Å². The van der Waals surface area contributed by atoms with E-state index in [1.165, 1.54) is 4.31 Å². The molecule has 1 fully saturated rings. The highest BCUT2D eigenvalue weighted by Gasteiger charge is 2.39. The predicted molar refractivity (Wildman–Crippen MR) is 110 cm³/mol. The Balaban J connectivity index is 1.62. The molecule has 2 aromatic carbocycles. The zero-order valence-corrected chi connectivity index (χ0v) is 17.3. The minimum Gasteiger partial charge on any atom is -0.376 e. The Morgan fingerprint density at radius 3 is 2.55 bits per heavy atom. The Morgan fingerprint density at radius 1 is 1.14 bits per heavy atom. The number of carbonyl (C=O) groups is 1. The van der Waals surface area contributed by atoms with Gasteiger partial charge in [0.05, 0.1) is 11.0 Å². The maximum absolute atomic E-state index is 13.4. The van der Waals surface area contributed by atoms with Gasteiger partial charge in [0.15, 0.2) is 0 Å². The number of rotatable bonds is 5. The lowest BCUT2D eigenvalue weighted by molar-refractivity contribution is -0.125. The van der Waals surface area contributed by atoms with Crippen LogP contribution in [0.4, 0.5) is 0 Å². The zero-order chi connectivity index (χ0) is 20.4. The average Bonchev–Trinajstić information content (AvgIpc) is 3.25. The summed E-state index contributed by atoms with van der Waals surface area (Å²) in [7, 11) is -3.81. The van der Waals surface area contributed by atoms with Crippen molar-refractivity contribution in [3.8, 4) is 0 Å². The predicted octanol–water partition coefficient (Wildman–Crippen LogP) is 2.41. The summed E-state index contributed by atoms with van der Waals surface area (Å²) in [5.74, 6) is -0.273. The number of sulfonamides is 1. The second kappa shape index (κ2) is 8.26. The molecule has 0 unspecified atom stereocenters. The van der Waals surface area contributed by atoms with Crippen LogP contribution in [0.5, 0.6) is 0 Å². The van der Waals surface area contributed by atoms with Crippen LogP contribution in [0.15, 0.2) is 53.4 Å². The van der Waals surface area contributed by atoms with Gasteiger partial charge in [-0.25, -0.2) is 8.42 Å². The van der Waals surface area contributed by atoms with Crippen molar-refractivity contribution in [3.63, 3.8) is 0 Å². The Morgan fingerprint density at radius 2 is 1.86 bits per heavy atom. The summed E-state index contributed by atoms with van der Waals surface area (Å²) in [6, 6.07) is 13.7. The molecule has 2 aliphatic heterocycles. The molecule has 2 atom stereocenters. The van der Waals surface area contributed by atoms with Gasteiger partial charge in [0, 0.05) is 19.7 Å². The summed E-state index contributed by atoms with van der Waals surface area (Å²) >= 11 is 0. The summed E-state index contributed by atoms with van der Waals surface area (Å²) < 4.78 is 33.7. The minimum absolute atomic E-state index is 0.0111. The van der Waals surface area contributed by atoms with Crippen LogP contribution in [-0.2, 0) is 32.5 Å². The molecule has 0 spiro atoms. The van der Waals surface area contributed by atoms with E-state index >= 15 is 0 Å². The standard InChI is InChI=1S/C22H26N2O4S/c1-16-8-10-20(11-9-16)29(26,27)24-15-18-6-3-2-5-17(18)13-21(24)22(25)23-14-19-7-4-12-28-19/h2-3,5-6,8-11,19,21H,4,7,12-15H2,1H3,(H,23,25)/t19-,21+/m1/s1. The zero-order valence-electron chi connectivity index (χ0n) is 16.5. The molecule has 1 amide bonds. The summed E-state index contributed by atoms with van der Waals surface area (Å²) in [4.78, 5) is 13.2. The Bertz CT molecular complexity index is 982. The van der Waals surface area contributed by atoms with Crippen molar-refractivity contribution in [2.24, 2.45) is 0 Å². The molecule has 2 aliphatic rings. The van der Waals surface area contributed by atoms with Crippen LogP contribution in [0.3, 0.4) is 0 Å². The van der Waals surface area contributed by atoms with E-state index in [1.807, 2.05) is 31.2 Å². The number of aryl methyl sites for hydroxylation is 1. The second-order valence-electron chi connectivity index (χ2n) is 7.73. The van der Waals surface area contributed by atoms with Gasteiger partial charge in [0.1, 0.15) is 6.04 Å². The average molecular weight is 415 g/mol. The van der Waals surface area contributed by atoms with Gasteiger partial charge in [-0.15, -0.1) is 0 Å². The second-order valence-corrected chi connectivity index (χ2v) is 9.62. The van der Waals surface area contributed by atoms with E-state index in [0.717, 1.165) is 29.5 Å². The van der Waals surface area contributed by atoms with Crippen molar-refractivity contribution in [2.75, 3.05) is 13.2 Å². The Hall–Kier alpha value is -2.22. The maximum Gasteiger partial charge on any atom is 0.244 e. The molecule has 2 heterocycles. The van der Waals surface area contributed by atoms with Crippen LogP contribution in [0, 0.1) is 6.92 Å². The number of hydrogen-bond donors (Lipinski definition) is 1. The lowest BCUT2D eigenvalue weighted by Crippen LogP contribution is -2.53. The first-order chi connectivity index (χ1) is 13.9. The number of fused-ring (bicyclic) bond motifs is 1. The number of nitrogens with one attached hydrogen (secondary N) is 1. The fourth-order valence-corrected chi connectivity index (χ4v) is 5.52. The molecule has 4 rings (SSSR count). The van der Waals surface area contributed by atoms with E-state index in [2.05, 4.69) is 5.32 Å². The number of amides is 1. The molecule has 0 radical (unpaired) electrons. The van der Waals surface area contributed by atoms with Crippen molar-refractivity contribution in [2.45, 2.75) is 49.8 Å². The van der Waals surface area contributed by atoms with Gasteiger partial charge < -0.3 is 10.1 Å². The molecule has 2 aromatic rings. The van der Waals surface area contributed by atoms with E-state index in [1.54, 1.807) is 24.3 Å². The van der Waals surface area contributed by atoms with Crippen molar-refractivity contribution in [1.29, 1.82) is 0 Å². The molecule has 0 aliphatic carbocycles. The van der Waals surface area contributed by atoms with E-state index in [-0.39, 0.29) is 23.5 Å². The van der Waals surface area contributed by atoms with Gasteiger partial charge in [0.2, 0.25) is 15.9 Å². The number of carbonyl (C=O) groups excluding carboxylic acids is 1. The van der Waals surface area contributed by atoms with Crippen LogP contribution in [0.25, 0.3) is 0 Å². The molecule has 7 heteroatoms. The van der Waals surface area contributed by atoms with Crippen LogP contribution in [0.1, 0.15) is 29.5 Å². The van der Waals surface area contributed by atoms with Gasteiger partial charge in [-0.05, 0) is 49.4 Å². The smallest absolute Gasteiger partial charge is 0.244 e. The van der Waals surface area contributed by atoms with Gasteiger partial charge >= 0.3 is 0 Å². The molecule has 154 valence electrons.